The Bertz CT molecular complexity index is 335. The molecule has 0 aliphatic heterocycles. The molecule has 0 spiro atoms. The van der Waals surface area contributed by atoms with Gasteiger partial charge in [-0.2, -0.15) is 0 Å². The maximum atomic E-state index is 10.9. The first kappa shape index (κ1) is 12.6. The second-order valence-electron chi connectivity index (χ2n) is 4.01. The Morgan fingerprint density at radius 3 is 2.50 bits per heavy atom. The lowest BCUT2D eigenvalue weighted by molar-refractivity contribution is -0.116. The van der Waals surface area contributed by atoms with Crippen LogP contribution in [0.1, 0.15) is 32.3 Å². The van der Waals surface area contributed by atoms with Crippen LogP contribution in [0.4, 0.5) is 5.95 Å². The van der Waals surface area contributed by atoms with E-state index in [2.05, 4.69) is 16.9 Å². The Hall–Kier alpha value is -1.45. The van der Waals surface area contributed by atoms with Crippen LogP contribution >= 0.6 is 0 Å². The van der Waals surface area contributed by atoms with Gasteiger partial charge in [0.15, 0.2) is 0 Å². The predicted octanol–water partition coefficient (Wildman–Crippen LogP) is 1.84. The molecule has 0 N–H and O–H groups in total. The average Bonchev–Trinajstić information content (AvgIpc) is 2.27. The second kappa shape index (κ2) is 6.20. The van der Waals surface area contributed by atoms with Gasteiger partial charge in [0, 0.05) is 32.4 Å². The summed E-state index contributed by atoms with van der Waals surface area (Å²) >= 11 is 0. The van der Waals surface area contributed by atoms with Gasteiger partial charge in [0.2, 0.25) is 5.95 Å². The topological polar surface area (TPSA) is 46.1 Å². The molecule has 0 radical (unpaired) electrons. The Morgan fingerprint density at radius 1 is 1.38 bits per heavy atom. The van der Waals surface area contributed by atoms with Crippen molar-refractivity contribution in [1.82, 2.24) is 9.97 Å². The molecule has 88 valence electrons. The average molecular weight is 221 g/mol. The first-order chi connectivity index (χ1) is 7.63. The van der Waals surface area contributed by atoms with E-state index in [1.807, 2.05) is 24.3 Å². The highest BCUT2D eigenvalue weighted by Crippen LogP contribution is 2.07. The van der Waals surface area contributed by atoms with Gasteiger partial charge in [0.05, 0.1) is 0 Å². The van der Waals surface area contributed by atoms with Gasteiger partial charge in [-0.3, -0.25) is 4.79 Å². The minimum atomic E-state index is 0.189. The largest absolute Gasteiger partial charge is 0.343 e. The van der Waals surface area contributed by atoms with Crippen molar-refractivity contribution in [3.63, 3.8) is 0 Å². The van der Waals surface area contributed by atoms with Gasteiger partial charge in [-0.05, 0) is 18.9 Å². The van der Waals surface area contributed by atoms with Crippen molar-refractivity contribution in [3.05, 3.63) is 18.0 Å². The van der Waals surface area contributed by atoms with Crippen molar-refractivity contribution in [2.45, 2.75) is 33.1 Å². The number of rotatable bonds is 6. The van der Waals surface area contributed by atoms with Gasteiger partial charge < -0.3 is 4.90 Å². The highest BCUT2D eigenvalue weighted by molar-refractivity contribution is 5.75. The minimum absolute atomic E-state index is 0.189. The molecular formula is C12H19N3O. The highest BCUT2D eigenvalue weighted by Gasteiger charge is 2.05. The lowest BCUT2D eigenvalue weighted by Gasteiger charge is -2.15. The van der Waals surface area contributed by atoms with Crippen LogP contribution < -0.4 is 4.90 Å². The maximum Gasteiger partial charge on any atom is 0.225 e. The lowest BCUT2D eigenvalue weighted by Crippen LogP contribution is -2.22. The summed E-state index contributed by atoms with van der Waals surface area (Å²) in [6.45, 7) is 4.40. The van der Waals surface area contributed by atoms with Crippen LogP contribution in [-0.4, -0.2) is 29.3 Å². The number of nitrogens with zero attached hydrogens (tertiary/aromatic N) is 3. The molecule has 0 aliphatic carbocycles. The molecule has 4 heteroatoms. The monoisotopic (exact) mass is 221 g/mol. The molecule has 4 nitrogen and oxygen atoms in total. The number of aromatic nitrogens is 2. The zero-order valence-electron chi connectivity index (χ0n) is 10.2. The van der Waals surface area contributed by atoms with Crippen LogP contribution in [0.3, 0.4) is 0 Å². The Kier molecular flexibility index (Phi) is 4.89. The van der Waals surface area contributed by atoms with Gasteiger partial charge in [-0.25, -0.2) is 9.97 Å². The fraction of sp³-hybridized carbons (Fsp3) is 0.583. The van der Waals surface area contributed by atoms with Gasteiger partial charge in [0.25, 0.3) is 0 Å². The van der Waals surface area contributed by atoms with Crippen LogP contribution in [0.25, 0.3) is 0 Å². The van der Waals surface area contributed by atoms with E-state index in [0.717, 1.165) is 18.4 Å². The number of carbonyl (C=O) groups is 1. The summed E-state index contributed by atoms with van der Waals surface area (Å²) in [6.07, 6.45) is 6.36. The summed E-state index contributed by atoms with van der Waals surface area (Å²) in [6, 6.07) is 0. The number of hydrogen-bond donors (Lipinski definition) is 0. The van der Waals surface area contributed by atoms with E-state index in [9.17, 15) is 4.79 Å². The zero-order valence-corrected chi connectivity index (χ0v) is 10.2. The molecule has 1 rings (SSSR count). The van der Waals surface area contributed by atoms with E-state index < -0.39 is 0 Å². The number of carbonyl (C=O) groups excluding carboxylic acids is 1. The van der Waals surface area contributed by atoms with Gasteiger partial charge in [0.1, 0.15) is 5.78 Å². The van der Waals surface area contributed by atoms with Crippen molar-refractivity contribution in [2.24, 2.45) is 0 Å². The third kappa shape index (κ3) is 3.96. The number of aryl methyl sites for hydroxylation is 1. The van der Waals surface area contributed by atoms with Gasteiger partial charge >= 0.3 is 0 Å². The van der Waals surface area contributed by atoms with Crippen LogP contribution in [0.2, 0.25) is 0 Å². The summed E-state index contributed by atoms with van der Waals surface area (Å²) in [5.74, 6) is 0.871. The quantitative estimate of drug-likeness (QED) is 0.735. The SMILES string of the molecule is CCCc1cnc(N(C)CCC(C)=O)nc1. The molecular weight excluding hydrogens is 202 g/mol. The lowest BCUT2D eigenvalue weighted by atomic mass is 10.2. The van der Waals surface area contributed by atoms with Crippen molar-refractivity contribution in [3.8, 4) is 0 Å². The molecule has 1 heterocycles. The summed E-state index contributed by atoms with van der Waals surface area (Å²) < 4.78 is 0. The fourth-order valence-electron chi connectivity index (χ4n) is 1.39. The predicted molar refractivity (Wildman–Crippen MR) is 64.6 cm³/mol. The van der Waals surface area contributed by atoms with Crippen LogP contribution in [-0.2, 0) is 11.2 Å². The number of hydrogen-bond acceptors (Lipinski definition) is 4. The number of ketones is 1. The molecule has 0 fully saturated rings. The standard InChI is InChI=1S/C12H19N3O/c1-4-5-11-8-13-12(14-9-11)15(3)7-6-10(2)16/h8-9H,4-7H2,1-3H3. The van der Waals surface area contributed by atoms with Gasteiger partial charge in [-0.1, -0.05) is 13.3 Å². The van der Waals surface area contributed by atoms with Crippen LogP contribution in [0.5, 0.6) is 0 Å². The first-order valence-corrected chi connectivity index (χ1v) is 5.65. The van der Waals surface area contributed by atoms with E-state index >= 15 is 0 Å². The molecule has 0 saturated heterocycles. The molecule has 0 aliphatic rings. The molecule has 0 unspecified atom stereocenters. The smallest absolute Gasteiger partial charge is 0.225 e. The summed E-state index contributed by atoms with van der Waals surface area (Å²) in [7, 11) is 1.90. The molecule has 0 atom stereocenters. The fourth-order valence-corrected chi connectivity index (χ4v) is 1.39. The molecule has 1 aromatic heterocycles. The first-order valence-electron chi connectivity index (χ1n) is 5.65. The van der Waals surface area contributed by atoms with E-state index in [0.29, 0.717) is 18.9 Å². The number of Topliss-reactive ketones (excluding diaryl/α,β-unsaturated/α-hetero) is 1. The van der Waals surface area contributed by atoms with Gasteiger partial charge in [-0.15, -0.1) is 0 Å². The summed E-state index contributed by atoms with van der Waals surface area (Å²) in [5, 5.41) is 0. The van der Waals surface area contributed by atoms with E-state index in [-0.39, 0.29) is 5.78 Å². The second-order valence-corrected chi connectivity index (χ2v) is 4.01. The third-order valence-corrected chi connectivity index (χ3v) is 2.37. The third-order valence-electron chi connectivity index (χ3n) is 2.37. The van der Waals surface area contributed by atoms with Crippen LogP contribution in [0, 0.1) is 0 Å². The molecule has 0 aromatic carbocycles. The van der Waals surface area contributed by atoms with E-state index in [1.165, 1.54) is 0 Å². The summed E-state index contributed by atoms with van der Waals surface area (Å²) in [5.41, 5.74) is 1.16. The number of anilines is 1. The Labute approximate surface area is 96.7 Å². The van der Waals surface area contributed by atoms with Crippen molar-refractivity contribution in [2.75, 3.05) is 18.5 Å². The highest BCUT2D eigenvalue weighted by atomic mass is 16.1. The molecule has 0 amide bonds. The minimum Gasteiger partial charge on any atom is -0.343 e. The molecule has 1 aromatic rings. The Balaban J connectivity index is 2.55. The van der Waals surface area contributed by atoms with Crippen molar-refractivity contribution in [1.29, 1.82) is 0 Å². The van der Waals surface area contributed by atoms with Crippen molar-refractivity contribution >= 4 is 11.7 Å². The normalized spacial score (nSPS) is 10.2. The molecule has 0 saturated carbocycles. The molecule has 0 bridgehead atoms. The van der Waals surface area contributed by atoms with Crippen LogP contribution in [0.15, 0.2) is 12.4 Å². The Morgan fingerprint density at radius 2 is 2.00 bits per heavy atom. The van der Waals surface area contributed by atoms with E-state index in [1.54, 1.807) is 6.92 Å². The molecule has 16 heavy (non-hydrogen) atoms. The van der Waals surface area contributed by atoms with E-state index in [4.69, 9.17) is 0 Å². The summed E-state index contributed by atoms with van der Waals surface area (Å²) in [4.78, 5) is 21.3. The zero-order chi connectivity index (χ0) is 12.0. The maximum absolute atomic E-state index is 10.9. The van der Waals surface area contributed by atoms with Crippen molar-refractivity contribution < 1.29 is 4.79 Å².